The first-order chi connectivity index (χ1) is 12.8. The Kier molecular flexibility index (Phi) is 5.53. The lowest BCUT2D eigenvalue weighted by Crippen LogP contribution is -2.52. The fourth-order valence-corrected chi connectivity index (χ4v) is 3.01. The minimum Gasteiger partial charge on any atom is -0.444 e. The van der Waals surface area contributed by atoms with Gasteiger partial charge in [0, 0.05) is 19.5 Å². The van der Waals surface area contributed by atoms with Gasteiger partial charge in [0.15, 0.2) is 0 Å². The van der Waals surface area contributed by atoms with Gasteiger partial charge in [0.05, 0.1) is 12.6 Å². The van der Waals surface area contributed by atoms with Crippen LogP contribution in [0, 0.1) is 0 Å². The Balaban J connectivity index is 1.46. The van der Waals surface area contributed by atoms with Gasteiger partial charge in [0.25, 0.3) is 0 Å². The SMILES string of the molecule is CC(C)(C)OC(=O)N1CCN2N=C(NC(=O)OCc3ccccc3)CC2C1. The van der Waals surface area contributed by atoms with Crippen molar-refractivity contribution in [1.82, 2.24) is 15.2 Å². The molecule has 1 fully saturated rings. The van der Waals surface area contributed by atoms with Crippen LogP contribution in [0.1, 0.15) is 32.8 Å². The van der Waals surface area contributed by atoms with Crippen molar-refractivity contribution in [1.29, 1.82) is 0 Å². The van der Waals surface area contributed by atoms with E-state index in [0.717, 1.165) is 5.56 Å². The summed E-state index contributed by atoms with van der Waals surface area (Å²) in [5.41, 5.74) is 0.404. The maximum absolute atomic E-state index is 12.2. The second-order valence-corrected chi connectivity index (χ2v) is 7.68. The van der Waals surface area contributed by atoms with E-state index in [9.17, 15) is 9.59 Å². The van der Waals surface area contributed by atoms with Crippen LogP contribution in [0.4, 0.5) is 9.59 Å². The third-order valence-electron chi connectivity index (χ3n) is 4.24. The molecule has 27 heavy (non-hydrogen) atoms. The first-order valence-corrected chi connectivity index (χ1v) is 9.10. The summed E-state index contributed by atoms with van der Waals surface area (Å²) in [6.45, 7) is 7.42. The molecule has 8 heteroatoms. The van der Waals surface area contributed by atoms with Gasteiger partial charge >= 0.3 is 12.2 Å². The van der Waals surface area contributed by atoms with E-state index in [1.165, 1.54) is 0 Å². The summed E-state index contributed by atoms with van der Waals surface area (Å²) >= 11 is 0. The minimum absolute atomic E-state index is 0.0377. The molecule has 2 heterocycles. The maximum atomic E-state index is 12.2. The molecule has 0 aliphatic carbocycles. The number of nitrogens with one attached hydrogen (secondary N) is 1. The molecule has 2 aliphatic rings. The lowest BCUT2D eigenvalue weighted by atomic mass is 10.1. The zero-order valence-corrected chi connectivity index (χ0v) is 16.0. The van der Waals surface area contributed by atoms with Crippen LogP contribution in [0.15, 0.2) is 35.4 Å². The van der Waals surface area contributed by atoms with E-state index in [1.54, 1.807) is 4.90 Å². The third kappa shape index (κ3) is 5.35. The molecule has 146 valence electrons. The Bertz CT molecular complexity index is 714. The zero-order chi connectivity index (χ0) is 19.4. The number of amidine groups is 1. The van der Waals surface area contributed by atoms with Crippen LogP contribution in [-0.2, 0) is 16.1 Å². The quantitative estimate of drug-likeness (QED) is 0.860. The molecule has 1 aromatic carbocycles. The van der Waals surface area contributed by atoms with E-state index in [0.29, 0.717) is 31.9 Å². The van der Waals surface area contributed by atoms with Crippen molar-refractivity contribution in [2.75, 3.05) is 19.6 Å². The maximum Gasteiger partial charge on any atom is 0.412 e. The molecule has 3 rings (SSSR count). The Labute approximate surface area is 159 Å². The van der Waals surface area contributed by atoms with Crippen molar-refractivity contribution in [2.24, 2.45) is 5.10 Å². The number of amides is 2. The third-order valence-corrected chi connectivity index (χ3v) is 4.24. The molecular formula is C19H26N4O4. The van der Waals surface area contributed by atoms with E-state index in [-0.39, 0.29) is 18.7 Å². The van der Waals surface area contributed by atoms with Gasteiger partial charge in [-0.25, -0.2) is 9.59 Å². The van der Waals surface area contributed by atoms with Gasteiger partial charge in [-0.3, -0.25) is 10.3 Å². The summed E-state index contributed by atoms with van der Waals surface area (Å²) in [7, 11) is 0. The van der Waals surface area contributed by atoms with Gasteiger partial charge in [-0.05, 0) is 26.3 Å². The second kappa shape index (κ2) is 7.85. The molecule has 2 amide bonds. The van der Waals surface area contributed by atoms with Crippen LogP contribution >= 0.6 is 0 Å². The van der Waals surface area contributed by atoms with Crippen molar-refractivity contribution in [2.45, 2.75) is 45.4 Å². The van der Waals surface area contributed by atoms with Gasteiger partial charge < -0.3 is 14.4 Å². The van der Waals surface area contributed by atoms with Gasteiger partial charge in [-0.1, -0.05) is 30.3 Å². The molecule has 1 N–H and O–H groups in total. The monoisotopic (exact) mass is 374 g/mol. The molecule has 1 aromatic rings. The molecule has 0 radical (unpaired) electrons. The van der Waals surface area contributed by atoms with Crippen molar-refractivity contribution in [3.63, 3.8) is 0 Å². The number of benzene rings is 1. The van der Waals surface area contributed by atoms with Gasteiger partial charge in [-0.15, -0.1) is 0 Å². The summed E-state index contributed by atoms with van der Waals surface area (Å²) in [6.07, 6.45) is -0.285. The number of carbonyl (C=O) groups excluding carboxylic acids is 2. The number of piperazine rings is 1. The fourth-order valence-electron chi connectivity index (χ4n) is 3.01. The average molecular weight is 374 g/mol. The highest BCUT2D eigenvalue weighted by atomic mass is 16.6. The molecule has 1 atom stereocenters. The molecule has 1 unspecified atom stereocenters. The van der Waals surface area contributed by atoms with Crippen molar-refractivity contribution in [3.05, 3.63) is 35.9 Å². The summed E-state index contributed by atoms with van der Waals surface area (Å²) < 4.78 is 10.7. The molecule has 0 bridgehead atoms. The average Bonchev–Trinajstić information content (AvgIpc) is 3.00. The van der Waals surface area contributed by atoms with E-state index in [4.69, 9.17) is 9.47 Å². The Morgan fingerprint density at radius 3 is 2.67 bits per heavy atom. The molecule has 0 aromatic heterocycles. The van der Waals surface area contributed by atoms with E-state index < -0.39 is 11.7 Å². The highest BCUT2D eigenvalue weighted by Crippen LogP contribution is 2.21. The van der Waals surface area contributed by atoms with E-state index in [1.807, 2.05) is 56.1 Å². The fraction of sp³-hybridized carbons (Fsp3) is 0.526. The molecule has 0 spiro atoms. The predicted octanol–water partition coefficient (Wildman–Crippen LogP) is 2.55. The van der Waals surface area contributed by atoms with Crippen LogP contribution in [0.25, 0.3) is 0 Å². The van der Waals surface area contributed by atoms with Crippen LogP contribution < -0.4 is 5.32 Å². The molecule has 1 saturated heterocycles. The minimum atomic E-state index is -0.526. The van der Waals surface area contributed by atoms with Crippen molar-refractivity contribution >= 4 is 18.0 Å². The molecule has 0 saturated carbocycles. The van der Waals surface area contributed by atoms with Gasteiger partial charge in [0.2, 0.25) is 0 Å². The van der Waals surface area contributed by atoms with Gasteiger partial charge in [0.1, 0.15) is 18.0 Å². The number of ether oxygens (including phenoxy) is 2. The number of carbonyl (C=O) groups is 2. The van der Waals surface area contributed by atoms with Gasteiger partial charge in [-0.2, -0.15) is 5.10 Å². The molecule has 8 nitrogen and oxygen atoms in total. The van der Waals surface area contributed by atoms with Crippen LogP contribution in [0.5, 0.6) is 0 Å². The number of fused-ring (bicyclic) bond motifs is 1. The Morgan fingerprint density at radius 1 is 1.22 bits per heavy atom. The largest absolute Gasteiger partial charge is 0.444 e. The number of hydrogen-bond donors (Lipinski definition) is 1. The number of hydrogen-bond acceptors (Lipinski definition) is 6. The van der Waals surface area contributed by atoms with Crippen LogP contribution in [0.2, 0.25) is 0 Å². The van der Waals surface area contributed by atoms with Crippen LogP contribution in [0.3, 0.4) is 0 Å². The molecular weight excluding hydrogens is 348 g/mol. The number of hydrazone groups is 1. The number of nitrogens with zero attached hydrogens (tertiary/aromatic N) is 3. The van der Waals surface area contributed by atoms with E-state index >= 15 is 0 Å². The summed E-state index contributed by atoms with van der Waals surface area (Å²) in [5.74, 6) is 0.559. The first kappa shape index (κ1) is 19.0. The number of rotatable bonds is 2. The topological polar surface area (TPSA) is 83.5 Å². The smallest absolute Gasteiger partial charge is 0.412 e. The highest BCUT2D eigenvalue weighted by molar-refractivity contribution is 5.96. The highest BCUT2D eigenvalue weighted by Gasteiger charge is 2.36. The lowest BCUT2D eigenvalue weighted by molar-refractivity contribution is 0.00724. The zero-order valence-electron chi connectivity index (χ0n) is 16.0. The normalized spacial score (nSPS) is 19.2. The van der Waals surface area contributed by atoms with Crippen molar-refractivity contribution in [3.8, 4) is 0 Å². The first-order valence-electron chi connectivity index (χ1n) is 9.10. The standard InChI is InChI=1S/C19H26N4O4/c1-19(2,3)27-18(25)22-9-10-23-15(12-22)11-16(21-23)20-17(24)26-13-14-7-5-4-6-8-14/h4-8,15H,9-13H2,1-3H3,(H,20,21,24). The summed E-state index contributed by atoms with van der Waals surface area (Å²) in [6, 6.07) is 9.53. The lowest BCUT2D eigenvalue weighted by Gasteiger charge is -2.37. The van der Waals surface area contributed by atoms with Crippen molar-refractivity contribution < 1.29 is 19.1 Å². The molecule has 2 aliphatic heterocycles. The summed E-state index contributed by atoms with van der Waals surface area (Å²) in [4.78, 5) is 25.9. The predicted molar refractivity (Wildman–Crippen MR) is 100 cm³/mol. The second-order valence-electron chi connectivity index (χ2n) is 7.68. The number of alkyl carbamates (subject to hydrolysis) is 1. The Morgan fingerprint density at radius 2 is 1.96 bits per heavy atom. The van der Waals surface area contributed by atoms with E-state index in [2.05, 4.69) is 10.4 Å². The summed E-state index contributed by atoms with van der Waals surface area (Å²) in [5, 5.41) is 9.04. The van der Waals surface area contributed by atoms with Crippen LogP contribution in [-0.4, -0.2) is 59.2 Å². The Hall–Kier alpha value is -2.77.